The number of amides is 3. The maximum absolute atomic E-state index is 15.2. The molecular weight excluding hydrogens is 739 g/mol. The third-order valence-electron chi connectivity index (χ3n) is 11.7. The topological polar surface area (TPSA) is 135 Å². The molecule has 2 N–H and O–H groups in total. The molecule has 1 saturated heterocycles. The maximum atomic E-state index is 15.2. The van der Waals surface area contributed by atoms with E-state index < -0.39 is 25.7 Å². The highest BCUT2D eigenvalue weighted by molar-refractivity contribution is 6.91. The van der Waals surface area contributed by atoms with E-state index in [4.69, 9.17) is 14.2 Å². The summed E-state index contributed by atoms with van der Waals surface area (Å²) in [5.74, 6) is -0.672. The van der Waals surface area contributed by atoms with Crippen molar-refractivity contribution in [2.45, 2.75) is 69.5 Å². The van der Waals surface area contributed by atoms with Gasteiger partial charge in [0.1, 0.15) is 5.75 Å². The summed E-state index contributed by atoms with van der Waals surface area (Å²) in [5, 5.41) is 14.2. The standard InChI is InChI=1S/C45H53N3O8Si/c1-31-42(57(4,5)36-22-20-35(54-2)21-23-36)39(29-40(50)47(26-27-49)30-32-14-8-6-9-15-32)56-45(31)37-28-34(46-43(52)33-16-10-7-11-17-33)19-24-38(37)48(44(45)53)25-13-12-18-41(51)55-3/h6-11,14-17,19-24,28,31,39,42,49H,12-13,18,25-27,29-30H2,1-5H3,(H,46,52)/t31-,39+,42-,45+/m0/s1. The molecule has 1 fully saturated rings. The van der Waals surface area contributed by atoms with Crippen LogP contribution in [0.2, 0.25) is 18.6 Å². The maximum Gasteiger partial charge on any atom is 0.305 e. The summed E-state index contributed by atoms with van der Waals surface area (Å²) in [5.41, 5.74) is 1.56. The Bertz CT molecular complexity index is 2040. The number of aliphatic hydroxyl groups is 1. The summed E-state index contributed by atoms with van der Waals surface area (Å²) < 4.78 is 17.6. The van der Waals surface area contributed by atoms with Gasteiger partial charge in [0.25, 0.3) is 11.8 Å². The molecule has 300 valence electrons. The van der Waals surface area contributed by atoms with Crippen molar-refractivity contribution in [3.63, 3.8) is 0 Å². The average molecular weight is 792 g/mol. The lowest BCUT2D eigenvalue weighted by atomic mass is 9.82. The predicted octanol–water partition coefficient (Wildman–Crippen LogP) is 6.26. The van der Waals surface area contributed by atoms with Gasteiger partial charge in [0, 0.05) is 48.8 Å². The molecule has 4 aromatic rings. The summed E-state index contributed by atoms with van der Waals surface area (Å²) in [7, 11) is 0.395. The molecule has 12 heteroatoms. The van der Waals surface area contributed by atoms with Crippen molar-refractivity contribution in [3.8, 4) is 5.75 Å². The molecule has 6 rings (SSSR count). The summed E-state index contributed by atoms with van der Waals surface area (Å²) in [6, 6.07) is 32.1. The highest BCUT2D eigenvalue weighted by atomic mass is 28.3. The number of esters is 1. The number of rotatable bonds is 16. The normalized spacial score (nSPS) is 20.0. The number of ether oxygens (including phenoxy) is 3. The number of nitrogens with zero attached hydrogens (tertiary/aromatic N) is 2. The van der Waals surface area contributed by atoms with Gasteiger partial charge in [0.05, 0.1) is 47.1 Å². The van der Waals surface area contributed by atoms with E-state index in [1.165, 1.54) is 7.11 Å². The van der Waals surface area contributed by atoms with E-state index in [0.717, 1.165) is 16.5 Å². The number of carbonyl (C=O) groups excluding carboxylic acids is 4. The van der Waals surface area contributed by atoms with Gasteiger partial charge in [-0.1, -0.05) is 85.9 Å². The van der Waals surface area contributed by atoms with Crippen LogP contribution in [0.4, 0.5) is 11.4 Å². The number of nitrogens with one attached hydrogen (secondary N) is 1. The number of hydrogen-bond donors (Lipinski definition) is 2. The van der Waals surface area contributed by atoms with E-state index in [9.17, 15) is 19.5 Å². The van der Waals surface area contributed by atoms with E-state index in [1.54, 1.807) is 47.2 Å². The van der Waals surface area contributed by atoms with E-state index in [-0.39, 0.29) is 55.2 Å². The Morgan fingerprint density at radius 1 is 0.930 bits per heavy atom. The number of methoxy groups -OCH3 is 2. The van der Waals surface area contributed by atoms with Crippen molar-refractivity contribution in [3.05, 3.63) is 120 Å². The molecule has 0 aromatic heterocycles. The monoisotopic (exact) mass is 791 g/mol. The molecule has 0 aliphatic carbocycles. The second-order valence-corrected chi connectivity index (χ2v) is 20.1. The first-order chi connectivity index (χ1) is 27.4. The Balaban J connectivity index is 1.42. The number of fused-ring (bicyclic) bond motifs is 2. The number of carbonyl (C=O) groups is 4. The first kappa shape index (κ1) is 41.3. The molecule has 0 bridgehead atoms. The molecule has 1 spiro atoms. The van der Waals surface area contributed by atoms with Crippen LogP contribution in [0.25, 0.3) is 0 Å². The van der Waals surface area contributed by atoms with Gasteiger partial charge >= 0.3 is 5.97 Å². The van der Waals surface area contributed by atoms with Gasteiger partial charge in [0.2, 0.25) is 5.91 Å². The van der Waals surface area contributed by atoms with Crippen LogP contribution in [-0.4, -0.2) is 81.8 Å². The summed E-state index contributed by atoms with van der Waals surface area (Å²) in [6.45, 7) is 7.18. The fraction of sp³-hybridized carbons (Fsp3) is 0.378. The van der Waals surface area contributed by atoms with E-state index in [2.05, 4.69) is 37.5 Å². The van der Waals surface area contributed by atoms with Crippen LogP contribution in [0.15, 0.2) is 103 Å². The highest BCUT2D eigenvalue weighted by Crippen LogP contribution is 2.60. The van der Waals surface area contributed by atoms with Crippen molar-refractivity contribution in [1.82, 2.24) is 4.90 Å². The Morgan fingerprint density at radius 2 is 1.61 bits per heavy atom. The molecule has 57 heavy (non-hydrogen) atoms. The lowest BCUT2D eigenvalue weighted by Gasteiger charge is -2.37. The van der Waals surface area contributed by atoms with Crippen molar-refractivity contribution >= 4 is 48.3 Å². The fourth-order valence-electron chi connectivity index (χ4n) is 8.77. The van der Waals surface area contributed by atoms with Gasteiger partial charge in [-0.2, -0.15) is 0 Å². The van der Waals surface area contributed by atoms with Crippen LogP contribution in [0.5, 0.6) is 5.75 Å². The van der Waals surface area contributed by atoms with Gasteiger partial charge in [0.15, 0.2) is 5.60 Å². The fourth-order valence-corrected chi connectivity index (χ4v) is 12.8. The Labute approximate surface area is 335 Å². The van der Waals surface area contributed by atoms with E-state index in [1.807, 2.05) is 60.7 Å². The first-order valence-electron chi connectivity index (χ1n) is 19.6. The minimum absolute atomic E-state index is 0.00233. The van der Waals surface area contributed by atoms with Gasteiger partial charge in [-0.05, 0) is 66.4 Å². The Hall–Kier alpha value is -5.30. The summed E-state index contributed by atoms with van der Waals surface area (Å²) >= 11 is 0. The summed E-state index contributed by atoms with van der Waals surface area (Å²) in [4.78, 5) is 58.3. The molecule has 11 nitrogen and oxygen atoms in total. The number of aliphatic hydroxyl groups excluding tert-OH is 1. The third-order valence-corrected chi connectivity index (χ3v) is 16.0. The van der Waals surface area contributed by atoms with Gasteiger partial charge in [-0.3, -0.25) is 19.2 Å². The number of unbranched alkanes of at least 4 members (excludes halogenated alkanes) is 1. The van der Waals surface area contributed by atoms with Gasteiger partial charge in [-0.25, -0.2) is 0 Å². The minimum atomic E-state index is -2.59. The van der Waals surface area contributed by atoms with Crippen molar-refractivity contribution < 1.29 is 38.5 Å². The van der Waals surface area contributed by atoms with Crippen LogP contribution in [-0.2, 0) is 36.0 Å². The zero-order valence-electron chi connectivity index (χ0n) is 33.4. The highest BCUT2D eigenvalue weighted by Gasteiger charge is 2.66. The smallest absolute Gasteiger partial charge is 0.305 e. The molecule has 0 radical (unpaired) electrons. The SMILES string of the molecule is COC(=O)CCCCN1C(=O)[C@]2(O[C@H](CC(=O)N(CCO)Cc3ccccc3)[C@@H]([Si](C)(C)c3ccc(OC)cc3)[C@@H]2C)c2cc(NC(=O)c3ccccc3)ccc21. The Morgan fingerprint density at radius 3 is 2.26 bits per heavy atom. The molecule has 0 saturated carbocycles. The number of hydrogen-bond acceptors (Lipinski definition) is 8. The predicted molar refractivity (Wildman–Crippen MR) is 222 cm³/mol. The summed E-state index contributed by atoms with van der Waals surface area (Å²) in [6.07, 6.45) is 0.647. The average Bonchev–Trinajstić information content (AvgIpc) is 3.65. The van der Waals surface area contributed by atoms with Crippen molar-refractivity contribution in [2.75, 3.05) is 44.1 Å². The van der Waals surface area contributed by atoms with E-state index in [0.29, 0.717) is 48.4 Å². The molecular formula is C45H53N3O8Si. The number of benzene rings is 4. The third kappa shape index (κ3) is 8.53. The van der Waals surface area contributed by atoms with Crippen molar-refractivity contribution in [2.24, 2.45) is 5.92 Å². The molecule has 3 amide bonds. The quantitative estimate of drug-likeness (QED) is 0.0772. The van der Waals surface area contributed by atoms with Gasteiger partial charge in [-0.15, -0.1) is 0 Å². The van der Waals surface area contributed by atoms with Gasteiger partial charge < -0.3 is 34.4 Å². The van der Waals surface area contributed by atoms with Crippen LogP contribution in [0, 0.1) is 5.92 Å². The molecule has 2 aliphatic rings. The largest absolute Gasteiger partial charge is 0.497 e. The number of anilines is 2. The minimum Gasteiger partial charge on any atom is -0.497 e. The molecule has 4 aromatic carbocycles. The first-order valence-corrected chi connectivity index (χ1v) is 22.7. The second-order valence-electron chi connectivity index (χ2n) is 15.4. The zero-order valence-corrected chi connectivity index (χ0v) is 34.4. The van der Waals surface area contributed by atoms with Crippen LogP contribution < -0.4 is 20.1 Å². The molecule has 2 aliphatic heterocycles. The van der Waals surface area contributed by atoms with Crippen molar-refractivity contribution in [1.29, 1.82) is 0 Å². The second kappa shape index (κ2) is 17.9. The lowest BCUT2D eigenvalue weighted by Crippen LogP contribution is -2.52. The Kier molecular flexibility index (Phi) is 13.0. The zero-order chi connectivity index (χ0) is 40.7. The van der Waals surface area contributed by atoms with E-state index >= 15 is 4.79 Å². The molecule has 4 atom stereocenters. The molecule has 0 unspecified atom stereocenters. The van der Waals surface area contributed by atoms with Crippen LogP contribution >= 0.6 is 0 Å². The van der Waals surface area contributed by atoms with Crippen LogP contribution in [0.1, 0.15) is 54.1 Å². The molecule has 2 heterocycles. The van der Waals surface area contributed by atoms with Crippen LogP contribution in [0.3, 0.4) is 0 Å². The lowest BCUT2D eigenvalue weighted by molar-refractivity contribution is -0.149.